The summed E-state index contributed by atoms with van der Waals surface area (Å²) in [5.74, 6) is 0.136. The van der Waals surface area contributed by atoms with Crippen molar-refractivity contribution in [2.45, 2.75) is 0 Å². The minimum absolute atomic E-state index is 0.270. The van der Waals surface area contributed by atoms with Gasteiger partial charge in [-0.25, -0.2) is 8.91 Å². The summed E-state index contributed by atoms with van der Waals surface area (Å²) in [5.41, 5.74) is 2.60. The zero-order valence-corrected chi connectivity index (χ0v) is 14.4. The predicted octanol–water partition coefficient (Wildman–Crippen LogP) is 4.41. The van der Waals surface area contributed by atoms with E-state index in [-0.39, 0.29) is 5.82 Å². The number of hydrogen-bond acceptors (Lipinski definition) is 4. The van der Waals surface area contributed by atoms with Crippen LogP contribution in [0.5, 0.6) is 0 Å². The molecular weight excluding hydrogens is 357 g/mol. The molecule has 0 aliphatic rings. The Morgan fingerprint density at radius 2 is 1.80 bits per heavy atom. The lowest BCUT2D eigenvalue weighted by atomic mass is 10.2. The number of hydrogen-bond donors (Lipinski definition) is 2. The Morgan fingerprint density at radius 1 is 1.04 bits per heavy atom. The number of halogens is 1. The predicted molar refractivity (Wildman–Crippen MR) is 103 cm³/mol. The average molecular weight is 369 g/mol. The highest BCUT2D eigenvalue weighted by Crippen LogP contribution is 2.26. The molecule has 0 unspecified atom stereocenters. The Balaban J connectivity index is 1.55. The van der Waals surface area contributed by atoms with Crippen LogP contribution in [0.3, 0.4) is 0 Å². The molecule has 2 heterocycles. The van der Waals surface area contributed by atoms with Crippen molar-refractivity contribution in [2.75, 3.05) is 10.6 Å². The fraction of sp³-hybridized carbons (Fsp3) is 0. The van der Waals surface area contributed by atoms with Crippen molar-refractivity contribution >= 4 is 45.3 Å². The largest absolute Gasteiger partial charge is 0.332 e. The first-order valence-corrected chi connectivity index (χ1v) is 8.71. The highest BCUT2D eigenvalue weighted by Gasteiger charge is 2.12. The number of benzene rings is 2. The van der Waals surface area contributed by atoms with Crippen LogP contribution in [0.1, 0.15) is 0 Å². The monoisotopic (exact) mass is 369 g/mol. The summed E-state index contributed by atoms with van der Waals surface area (Å²) in [6.07, 6.45) is 0. The van der Waals surface area contributed by atoms with Crippen LogP contribution in [0.25, 0.3) is 16.2 Å². The number of rotatable bonds is 3. The number of nitrogens with one attached hydrogen (secondary N) is 2. The van der Waals surface area contributed by atoms with Gasteiger partial charge in [0.05, 0.1) is 5.69 Å². The molecule has 2 aromatic heterocycles. The van der Waals surface area contributed by atoms with E-state index in [1.54, 1.807) is 16.6 Å². The minimum atomic E-state index is -0.270. The van der Waals surface area contributed by atoms with E-state index in [2.05, 4.69) is 20.7 Å². The van der Waals surface area contributed by atoms with Gasteiger partial charge < -0.3 is 5.32 Å². The van der Waals surface area contributed by atoms with Crippen molar-refractivity contribution in [1.29, 1.82) is 0 Å². The van der Waals surface area contributed by atoms with Crippen molar-refractivity contribution in [2.24, 2.45) is 0 Å². The Bertz CT molecular complexity index is 1020. The molecule has 4 aromatic rings. The highest BCUT2D eigenvalue weighted by atomic mass is 32.1. The van der Waals surface area contributed by atoms with E-state index in [0.29, 0.717) is 11.1 Å². The second kappa shape index (κ2) is 6.58. The SMILES string of the molecule is Fc1ccc(-c2csc3nc(NC(=S)Nc4ccccc4)nn23)cc1. The van der Waals surface area contributed by atoms with E-state index in [1.165, 1.54) is 23.5 Å². The number of fused-ring (bicyclic) bond motifs is 1. The smallest absolute Gasteiger partial charge is 0.250 e. The van der Waals surface area contributed by atoms with Gasteiger partial charge in [0.2, 0.25) is 10.9 Å². The first-order chi connectivity index (χ1) is 12.2. The molecule has 124 valence electrons. The summed E-state index contributed by atoms with van der Waals surface area (Å²) >= 11 is 6.74. The topological polar surface area (TPSA) is 54.2 Å². The fourth-order valence-corrected chi connectivity index (χ4v) is 3.38. The number of anilines is 2. The Morgan fingerprint density at radius 3 is 2.56 bits per heavy atom. The van der Waals surface area contributed by atoms with Crippen LogP contribution >= 0.6 is 23.6 Å². The second-order valence-corrected chi connectivity index (χ2v) is 6.45. The molecule has 2 N–H and O–H groups in total. The molecule has 0 saturated carbocycles. The van der Waals surface area contributed by atoms with Crippen LogP contribution in [-0.4, -0.2) is 19.7 Å². The molecular formula is C17H12FN5S2. The third-order valence-corrected chi connectivity index (χ3v) is 4.50. The first kappa shape index (κ1) is 15.7. The van der Waals surface area contributed by atoms with Crippen molar-refractivity contribution < 1.29 is 4.39 Å². The maximum Gasteiger partial charge on any atom is 0.250 e. The van der Waals surface area contributed by atoms with Crippen LogP contribution in [-0.2, 0) is 0 Å². The fourth-order valence-electron chi connectivity index (χ4n) is 2.34. The average Bonchev–Trinajstić information content (AvgIpc) is 3.16. The van der Waals surface area contributed by atoms with Crippen LogP contribution in [0, 0.1) is 5.82 Å². The maximum absolute atomic E-state index is 13.1. The molecule has 5 nitrogen and oxygen atoms in total. The summed E-state index contributed by atoms with van der Waals surface area (Å²) in [5, 5.41) is 12.8. The highest BCUT2D eigenvalue weighted by molar-refractivity contribution is 7.80. The maximum atomic E-state index is 13.1. The van der Waals surface area contributed by atoms with Gasteiger partial charge in [0, 0.05) is 16.6 Å². The third kappa shape index (κ3) is 3.35. The normalized spacial score (nSPS) is 10.8. The van der Waals surface area contributed by atoms with E-state index < -0.39 is 0 Å². The lowest BCUT2D eigenvalue weighted by Gasteiger charge is -2.07. The van der Waals surface area contributed by atoms with Crippen molar-refractivity contribution in [3.05, 3.63) is 65.8 Å². The van der Waals surface area contributed by atoms with Crippen molar-refractivity contribution in [3.63, 3.8) is 0 Å². The van der Waals surface area contributed by atoms with Crippen molar-refractivity contribution in [3.8, 4) is 11.3 Å². The molecule has 25 heavy (non-hydrogen) atoms. The molecule has 0 amide bonds. The zero-order valence-electron chi connectivity index (χ0n) is 12.8. The number of thiazole rings is 1. The van der Waals surface area contributed by atoms with Crippen LogP contribution < -0.4 is 10.6 Å². The first-order valence-electron chi connectivity index (χ1n) is 7.42. The van der Waals surface area contributed by atoms with E-state index >= 15 is 0 Å². The Hall–Kier alpha value is -2.84. The molecule has 0 bridgehead atoms. The molecule has 4 rings (SSSR count). The summed E-state index contributed by atoms with van der Waals surface area (Å²) in [4.78, 5) is 5.14. The molecule has 0 spiro atoms. The van der Waals surface area contributed by atoms with Crippen LogP contribution in [0.4, 0.5) is 16.0 Å². The molecule has 0 fully saturated rings. The van der Waals surface area contributed by atoms with Gasteiger partial charge in [-0.1, -0.05) is 18.2 Å². The van der Waals surface area contributed by atoms with E-state index in [4.69, 9.17) is 12.2 Å². The molecule has 0 aliphatic carbocycles. The molecule has 2 aromatic carbocycles. The van der Waals surface area contributed by atoms with Crippen LogP contribution in [0.15, 0.2) is 60.0 Å². The summed E-state index contributed by atoms with van der Waals surface area (Å²) in [6.45, 7) is 0. The summed E-state index contributed by atoms with van der Waals surface area (Å²) < 4.78 is 14.8. The van der Waals surface area contributed by atoms with Gasteiger partial charge in [-0.15, -0.1) is 16.4 Å². The number of aromatic nitrogens is 3. The standard InChI is InChI=1S/C17H12FN5S2/c18-12-8-6-11(7-9-12)14-10-25-17-21-15(22-23(14)17)20-16(24)19-13-4-2-1-3-5-13/h1-10H,(H2,19,20,22,24). The van der Waals surface area contributed by atoms with Gasteiger partial charge in [-0.05, 0) is 48.6 Å². The zero-order chi connectivity index (χ0) is 17.2. The van der Waals surface area contributed by atoms with Gasteiger partial charge in [-0.2, -0.15) is 4.98 Å². The van der Waals surface area contributed by atoms with Gasteiger partial charge in [-0.3, -0.25) is 5.32 Å². The van der Waals surface area contributed by atoms with Gasteiger partial charge in [0.25, 0.3) is 0 Å². The van der Waals surface area contributed by atoms with E-state index in [1.807, 2.05) is 35.7 Å². The Labute approximate surface area is 152 Å². The van der Waals surface area contributed by atoms with Gasteiger partial charge in [0.1, 0.15) is 5.82 Å². The summed E-state index contributed by atoms with van der Waals surface area (Å²) in [7, 11) is 0. The molecule has 8 heteroatoms. The number of thiocarbonyl (C=S) groups is 1. The molecule has 0 atom stereocenters. The molecule has 0 saturated heterocycles. The van der Waals surface area contributed by atoms with E-state index in [9.17, 15) is 4.39 Å². The Kier molecular flexibility index (Phi) is 4.12. The summed E-state index contributed by atoms with van der Waals surface area (Å²) in [6, 6.07) is 15.9. The van der Waals surface area contributed by atoms with Crippen molar-refractivity contribution in [1.82, 2.24) is 14.6 Å². The van der Waals surface area contributed by atoms with E-state index in [0.717, 1.165) is 21.9 Å². The van der Waals surface area contributed by atoms with Gasteiger partial charge in [0.15, 0.2) is 5.11 Å². The number of nitrogens with zero attached hydrogens (tertiary/aromatic N) is 3. The quantitative estimate of drug-likeness (QED) is 0.524. The lowest BCUT2D eigenvalue weighted by Crippen LogP contribution is -2.19. The number of para-hydroxylation sites is 1. The molecule has 0 radical (unpaired) electrons. The minimum Gasteiger partial charge on any atom is -0.332 e. The van der Waals surface area contributed by atoms with Gasteiger partial charge >= 0.3 is 0 Å². The lowest BCUT2D eigenvalue weighted by molar-refractivity contribution is 0.628. The third-order valence-electron chi connectivity index (χ3n) is 3.48. The second-order valence-electron chi connectivity index (χ2n) is 5.20. The van der Waals surface area contributed by atoms with Crippen LogP contribution in [0.2, 0.25) is 0 Å². The molecule has 0 aliphatic heterocycles.